The molecule has 1 heterocycles. The summed E-state index contributed by atoms with van der Waals surface area (Å²) in [5.74, 6) is -0.566. The second-order valence-electron chi connectivity index (χ2n) is 5.59. The minimum Gasteiger partial charge on any atom is -0.391 e. The highest BCUT2D eigenvalue weighted by Gasteiger charge is 2.51. The van der Waals surface area contributed by atoms with Gasteiger partial charge in [-0.05, 0) is 31.0 Å². The summed E-state index contributed by atoms with van der Waals surface area (Å²) in [6.07, 6.45) is 4.26. The molecule has 0 spiro atoms. The molecule has 2 aliphatic rings. The number of benzene rings is 1. The minimum atomic E-state index is -0.798. The van der Waals surface area contributed by atoms with Crippen LogP contribution in [0.2, 0.25) is 0 Å². The van der Waals surface area contributed by atoms with Crippen LogP contribution in [0, 0.1) is 0 Å². The number of carbonyl (C=O) groups is 2. The van der Waals surface area contributed by atoms with Gasteiger partial charge in [-0.25, -0.2) is 0 Å². The van der Waals surface area contributed by atoms with Crippen LogP contribution in [-0.4, -0.2) is 27.2 Å². The zero-order valence-electron chi connectivity index (χ0n) is 11.4. The van der Waals surface area contributed by atoms with E-state index in [9.17, 15) is 9.59 Å². The van der Waals surface area contributed by atoms with Crippen molar-refractivity contribution in [2.45, 2.75) is 37.6 Å². The van der Waals surface area contributed by atoms with Gasteiger partial charge in [0.1, 0.15) is 5.54 Å². The van der Waals surface area contributed by atoms with E-state index >= 15 is 0 Å². The van der Waals surface area contributed by atoms with Crippen molar-refractivity contribution in [2.24, 2.45) is 5.73 Å². The van der Waals surface area contributed by atoms with Crippen molar-refractivity contribution in [3.63, 3.8) is 0 Å². The van der Waals surface area contributed by atoms with Crippen LogP contribution >= 0.6 is 28.1 Å². The number of rotatable bonds is 2. The summed E-state index contributed by atoms with van der Waals surface area (Å²) < 4.78 is 0.775. The summed E-state index contributed by atoms with van der Waals surface area (Å²) in [6.45, 7) is 0. The summed E-state index contributed by atoms with van der Waals surface area (Å²) in [4.78, 5) is 27.0. The second kappa shape index (κ2) is 5.18. The smallest absolute Gasteiger partial charge is 0.262 e. The number of halogens is 1. The third-order valence-corrected chi connectivity index (χ3v) is 5.29. The number of hydrogen-bond acceptors (Lipinski definition) is 3. The zero-order chi connectivity index (χ0) is 15.2. The lowest BCUT2D eigenvalue weighted by molar-refractivity contribution is 0.0470. The minimum absolute atomic E-state index is 0.246. The number of hydrogen-bond donors (Lipinski definition) is 1. The van der Waals surface area contributed by atoms with E-state index in [1.165, 1.54) is 4.90 Å². The maximum atomic E-state index is 12.7. The molecule has 0 aromatic heterocycles. The Bertz CT molecular complexity index is 653. The first-order chi connectivity index (χ1) is 9.97. The van der Waals surface area contributed by atoms with Crippen LogP contribution in [0.4, 0.5) is 0 Å². The van der Waals surface area contributed by atoms with Gasteiger partial charge in [-0.3, -0.25) is 14.5 Å². The molecule has 1 saturated carbocycles. The highest BCUT2D eigenvalue weighted by molar-refractivity contribution is 9.10. The molecule has 1 aliphatic carbocycles. The normalized spacial score (nSPS) is 20.5. The van der Waals surface area contributed by atoms with E-state index in [0.29, 0.717) is 24.0 Å². The van der Waals surface area contributed by atoms with Gasteiger partial charge >= 0.3 is 0 Å². The average Bonchev–Trinajstić information content (AvgIpc) is 2.71. The molecular weight excluding hydrogens is 352 g/mol. The lowest BCUT2D eigenvalue weighted by Crippen LogP contribution is -2.59. The quantitative estimate of drug-likeness (QED) is 0.645. The van der Waals surface area contributed by atoms with Crippen LogP contribution in [0.25, 0.3) is 0 Å². The van der Waals surface area contributed by atoms with E-state index in [-0.39, 0.29) is 16.8 Å². The topological polar surface area (TPSA) is 63.4 Å². The largest absolute Gasteiger partial charge is 0.391 e. The molecule has 1 aromatic carbocycles. The van der Waals surface area contributed by atoms with Gasteiger partial charge in [-0.2, -0.15) is 0 Å². The Kier molecular flexibility index (Phi) is 3.61. The van der Waals surface area contributed by atoms with Crippen LogP contribution in [0.5, 0.6) is 0 Å². The Balaban J connectivity index is 2.09. The van der Waals surface area contributed by atoms with Gasteiger partial charge in [0.25, 0.3) is 11.8 Å². The van der Waals surface area contributed by atoms with Gasteiger partial charge in [0, 0.05) is 4.47 Å². The lowest BCUT2D eigenvalue weighted by atomic mass is 9.80. The molecule has 0 bridgehead atoms. The van der Waals surface area contributed by atoms with Gasteiger partial charge in [0.05, 0.1) is 16.1 Å². The predicted molar refractivity (Wildman–Crippen MR) is 87.2 cm³/mol. The SMILES string of the molecule is NC(=S)C1(N2C(=O)c3ccc(Br)cc3C2=O)CCCCC1. The molecule has 2 amide bonds. The monoisotopic (exact) mass is 366 g/mol. The fourth-order valence-corrected chi connectivity index (χ4v) is 3.98. The number of amides is 2. The molecule has 0 unspecified atom stereocenters. The number of nitrogens with zero attached hydrogens (tertiary/aromatic N) is 1. The third-order valence-electron chi connectivity index (χ3n) is 4.42. The van der Waals surface area contributed by atoms with Gasteiger partial charge in [-0.1, -0.05) is 47.4 Å². The molecular formula is C15H15BrN2O2S. The number of imide groups is 1. The molecule has 110 valence electrons. The van der Waals surface area contributed by atoms with Gasteiger partial charge in [0.15, 0.2) is 0 Å². The van der Waals surface area contributed by atoms with Gasteiger partial charge in [0.2, 0.25) is 0 Å². The lowest BCUT2D eigenvalue weighted by Gasteiger charge is -2.42. The molecule has 0 saturated heterocycles. The molecule has 3 rings (SSSR count). The first kappa shape index (κ1) is 14.7. The van der Waals surface area contributed by atoms with E-state index in [4.69, 9.17) is 18.0 Å². The Morgan fingerprint density at radius 3 is 2.38 bits per heavy atom. The van der Waals surface area contributed by atoms with E-state index in [2.05, 4.69) is 15.9 Å². The first-order valence-electron chi connectivity index (χ1n) is 6.96. The van der Waals surface area contributed by atoms with Crippen LogP contribution < -0.4 is 5.73 Å². The maximum Gasteiger partial charge on any atom is 0.262 e. The Morgan fingerprint density at radius 2 is 1.76 bits per heavy atom. The summed E-state index contributed by atoms with van der Waals surface area (Å²) in [5, 5.41) is 0. The highest BCUT2D eigenvalue weighted by Crippen LogP contribution is 2.39. The molecule has 21 heavy (non-hydrogen) atoms. The predicted octanol–water partition coefficient (Wildman–Crippen LogP) is 3.03. The average molecular weight is 367 g/mol. The Hall–Kier alpha value is -1.27. The molecule has 1 fully saturated rings. The van der Waals surface area contributed by atoms with Crippen LogP contribution in [0.3, 0.4) is 0 Å². The molecule has 4 nitrogen and oxygen atoms in total. The van der Waals surface area contributed by atoms with Crippen molar-refractivity contribution in [2.75, 3.05) is 0 Å². The molecule has 1 aromatic rings. The van der Waals surface area contributed by atoms with Crippen molar-refractivity contribution in [1.82, 2.24) is 4.90 Å². The van der Waals surface area contributed by atoms with Gasteiger partial charge < -0.3 is 5.73 Å². The molecule has 6 heteroatoms. The Labute approximate surface area is 136 Å². The number of fused-ring (bicyclic) bond motifs is 1. The summed E-state index contributed by atoms with van der Waals surface area (Å²) in [7, 11) is 0. The van der Waals surface area contributed by atoms with Crippen LogP contribution in [0.1, 0.15) is 52.8 Å². The second-order valence-corrected chi connectivity index (χ2v) is 6.95. The van der Waals surface area contributed by atoms with Crippen molar-refractivity contribution in [3.05, 3.63) is 33.8 Å². The standard InChI is InChI=1S/C15H15BrN2O2S/c16-9-4-5-10-11(8-9)13(20)18(12(10)19)15(14(17)21)6-2-1-3-7-15/h4-5,8H,1-3,6-7H2,(H2,17,21). The van der Waals surface area contributed by atoms with Gasteiger partial charge in [-0.15, -0.1) is 0 Å². The number of thiocarbonyl (C=S) groups is 1. The first-order valence-corrected chi connectivity index (χ1v) is 8.16. The van der Waals surface area contributed by atoms with Crippen molar-refractivity contribution < 1.29 is 9.59 Å². The van der Waals surface area contributed by atoms with Crippen LogP contribution in [-0.2, 0) is 0 Å². The molecule has 0 radical (unpaired) electrons. The number of carbonyl (C=O) groups excluding carboxylic acids is 2. The van der Waals surface area contributed by atoms with Crippen LogP contribution in [0.15, 0.2) is 22.7 Å². The van der Waals surface area contributed by atoms with E-state index in [0.717, 1.165) is 23.7 Å². The highest BCUT2D eigenvalue weighted by atomic mass is 79.9. The fourth-order valence-electron chi connectivity index (χ4n) is 3.32. The third kappa shape index (κ3) is 2.12. The molecule has 1 aliphatic heterocycles. The summed E-state index contributed by atoms with van der Waals surface area (Å²) >= 11 is 8.57. The summed E-state index contributed by atoms with van der Waals surface area (Å²) in [6, 6.07) is 5.13. The van der Waals surface area contributed by atoms with E-state index in [1.54, 1.807) is 18.2 Å². The Morgan fingerprint density at radius 1 is 1.14 bits per heavy atom. The zero-order valence-corrected chi connectivity index (χ0v) is 13.8. The maximum absolute atomic E-state index is 12.7. The summed E-state index contributed by atoms with van der Waals surface area (Å²) in [5.41, 5.74) is 6.01. The molecule has 2 N–H and O–H groups in total. The van der Waals surface area contributed by atoms with Crippen molar-refractivity contribution in [3.8, 4) is 0 Å². The van der Waals surface area contributed by atoms with E-state index < -0.39 is 5.54 Å². The van der Waals surface area contributed by atoms with E-state index in [1.807, 2.05) is 0 Å². The molecule has 0 atom stereocenters. The van der Waals surface area contributed by atoms with Crippen molar-refractivity contribution >= 4 is 45.0 Å². The number of nitrogens with two attached hydrogens (primary N) is 1. The van der Waals surface area contributed by atoms with Crippen molar-refractivity contribution in [1.29, 1.82) is 0 Å². The fraction of sp³-hybridized carbons (Fsp3) is 0.400.